The largest absolute Gasteiger partial charge is 0.480 e. The summed E-state index contributed by atoms with van der Waals surface area (Å²) in [5.41, 5.74) is 1.88. The van der Waals surface area contributed by atoms with Gasteiger partial charge in [-0.15, -0.1) is 0 Å². The first-order valence-electron chi connectivity index (χ1n) is 5.03. The summed E-state index contributed by atoms with van der Waals surface area (Å²) in [4.78, 5) is 10.9. The summed E-state index contributed by atoms with van der Waals surface area (Å²) in [6.45, 7) is 0.108. The number of hydrogen-bond acceptors (Lipinski definition) is 4. The maximum Gasteiger partial charge on any atom is 0.321 e. The Morgan fingerprint density at radius 2 is 2.38 bits per heavy atom. The molecule has 0 spiro atoms. The molecule has 1 aliphatic rings. The fraction of sp³-hybridized carbons (Fsp3) is 0.364. The lowest BCUT2D eigenvalue weighted by Gasteiger charge is -2.24. The average Bonchev–Trinajstić information content (AvgIpc) is 2.29. The van der Waals surface area contributed by atoms with Gasteiger partial charge in [-0.05, 0) is 11.6 Å². The third kappa shape index (κ3) is 2.00. The summed E-state index contributed by atoms with van der Waals surface area (Å²) >= 11 is 0. The predicted octanol–water partition coefficient (Wildman–Crippen LogP) is 0.114. The van der Waals surface area contributed by atoms with Crippen LogP contribution in [0.1, 0.15) is 11.1 Å². The van der Waals surface area contributed by atoms with Gasteiger partial charge in [-0.25, -0.2) is 0 Å². The van der Waals surface area contributed by atoms with E-state index < -0.39 is 18.8 Å². The number of aliphatic hydroxyl groups is 1. The van der Waals surface area contributed by atoms with Crippen LogP contribution in [-0.2, 0) is 17.8 Å². The van der Waals surface area contributed by atoms with Crippen LogP contribution in [-0.4, -0.2) is 29.0 Å². The average molecular weight is 223 g/mol. The Balaban J connectivity index is 2.30. The number of rotatable bonds is 3. The van der Waals surface area contributed by atoms with Crippen LogP contribution in [0.2, 0.25) is 0 Å². The minimum atomic E-state index is -0.871. The number of aliphatic hydroxyl groups excluding tert-OH is 1. The number of fused-ring (bicyclic) bond motifs is 1. The zero-order valence-corrected chi connectivity index (χ0v) is 8.64. The maximum absolute atomic E-state index is 10.9. The van der Waals surface area contributed by atoms with Gasteiger partial charge in [0.15, 0.2) is 6.79 Å². The van der Waals surface area contributed by atoms with Crippen LogP contribution in [0.25, 0.3) is 0 Å². The molecular formula is C11H13NO4. The molecule has 1 heterocycles. The van der Waals surface area contributed by atoms with Crippen LogP contribution < -0.4 is 10.1 Å². The highest BCUT2D eigenvalue weighted by molar-refractivity contribution is 5.74. The summed E-state index contributed by atoms with van der Waals surface area (Å²) in [6, 6.07) is 4.90. The van der Waals surface area contributed by atoms with E-state index >= 15 is 0 Å². The van der Waals surface area contributed by atoms with E-state index in [1.54, 1.807) is 6.07 Å². The van der Waals surface area contributed by atoms with Gasteiger partial charge >= 0.3 is 5.97 Å². The first-order chi connectivity index (χ1) is 7.72. The van der Waals surface area contributed by atoms with Crippen LogP contribution in [0.3, 0.4) is 0 Å². The Labute approximate surface area is 92.7 Å². The molecule has 0 aromatic heterocycles. The van der Waals surface area contributed by atoms with E-state index in [-0.39, 0.29) is 0 Å². The van der Waals surface area contributed by atoms with Gasteiger partial charge < -0.3 is 20.3 Å². The first-order valence-corrected chi connectivity index (χ1v) is 5.03. The van der Waals surface area contributed by atoms with Crippen molar-refractivity contribution in [2.24, 2.45) is 0 Å². The van der Waals surface area contributed by atoms with E-state index in [0.717, 1.165) is 11.1 Å². The van der Waals surface area contributed by atoms with Crippen molar-refractivity contribution >= 4 is 5.97 Å². The molecule has 16 heavy (non-hydrogen) atoms. The van der Waals surface area contributed by atoms with E-state index in [1.165, 1.54) is 0 Å². The van der Waals surface area contributed by atoms with Gasteiger partial charge in [0, 0.05) is 18.5 Å². The van der Waals surface area contributed by atoms with Crippen LogP contribution in [0.5, 0.6) is 5.75 Å². The molecule has 0 bridgehead atoms. The van der Waals surface area contributed by atoms with Crippen LogP contribution in [0.4, 0.5) is 0 Å². The van der Waals surface area contributed by atoms with Crippen LogP contribution >= 0.6 is 0 Å². The van der Waals surface area contributed by atoms with Crippen LogP contribution in [0.15, 0.2) is 18.2 Å². The van der Waals surface area contributed by atoms with Crippen molar-refractivity contribution in [2.45, 2.75) is 19.0 Å². The molecule has 0 saturated carbocycles. The number of carboxylic acids is 1. The number of nitrogens with one attached hydrogen (secondary N) is 1. The quantitative estimate of drug-likeness (QED) is 0.634. The third-order valence-electron chi connectivity index (χ3n) is 2.70. The Morgan fingerprint density at radius 1 is 1.56 bits per heavy atom. The summed E-state index contributed by atoms with van der Waals surface area (Å²) in [5.74, 6) is -0.308. The lowest BCUT2D eigenvalue weighted by atomic mass is 9.95. The molecule has 0 amide bonds. The van der Waals surface area contributed by atoms with Crippen molar-refractivity contribution in [1.29, 1.82) is 0 Å². The normalized spacial score (nSPS) is 18.9. The number of hydrogen-bond donors (Lipinski definition) is 3. The van der Waals surface area contributed by atoms with E-state index in [4.69, 9.17) is 14.9 Å². The number of benzene rings is 1. The Morgan fingerprint density at radius 3 is 3.06 bits per heavy atom. The third-order valence-corrected chi connectivity index (χ3v) is 2.70. The highest BCUT2D eigenvalue weighted by atomic mass is 16.6. The molecule has 5 heteroatoms. The second-order valence-corrected chi connectivity index (χ2v) is 3.64. The number of carboxylic acid groups (broad SMARTS) is 1. The lowest BCUT2D eigenvalue weighted by molar-refractivity contribution is -0.139. The molecule has 1 aliphatic heterocycles. The smallest absolute Gasteiger partial charge is 0.321 e. The Bertz CT molecular complexity index is 405. The SMILES string of the molecule is O=C(O)C1Cc2c(cccc2OCO)CN1. The monoisotopic (exact) mass is 223 g/mol. The molecular weight excluding hydrogens is 210 g/mol. The molecule has 1 aromatic carbocycles. The van der Waals surface area contributed by atoms with Crippen molar-refractivity contribution in [3.05, 3.63) is 29.3 Å². The summed E-state index contributed by atoms with van der Waals surface area (Å²) in [6.07, 6.45) is 0.376. The number of ether oxygens (including phenoxy) is 1. The second-order valence-electron chi connectivity index (χ2n) is 3.64. The van der Waals surface area contributed by atoms with Crippen molar-refractivity contribution < 1.29 is 19.7 Å². The maximum atomic E-state index is 10.9. The van der Waals surface area contributed by atoms with Gasteiger partial charge in [0.2, 0.25) is 0 Å². The van der Waals surface area contributed by atoms with Gasteiger partial charge in [-0.3, -0.25) is 4.79 Å². The molecule has 2 rings (SSSR count). The molecule has 1 aromatic rings. The Hall–Kier alpha value is -1.59. The highest BCUT2D eigenvalue weighted by Crippen LogP contribution is 2.26. The minimum Gasteiger partial charge on any atom is -0.480 e. The van der Waals surface area contributed by atoms with Gasteiger partial charge in [0.25, 0.3) is 0 Å². The fourth-order valence-corrected chi connectivity index (χ4v) is 1.90. The van der Waals surface area contributed by atoms with E-state index in [1.807, 2.05) is 12.1 Å². The van der Waals surface area contributed by atoms with Gasteiger partial charge in [0.1, 0.15) is 11.8 Å². The molecule has 86 valence electrons. The van der Waals surface area contributed by atoms with E-state index in [9.17, 15) is 4.79 Å². The molecule has 5 nitrogen and oxygen atoms in total. The fourth-order valence-electron chi connectivity index (χ4n) is 1.90. The van der Waals surface area contributed by atoms with Crippen molar-refractivity contribution in [2.75, 3.05) is 6.79 Å². The van der Waals surface area contributed by atoms with Gasteiger partial charge in [0.05, 0.1) is 0 Å². The standard InChI is InChI=1S/C11H13NO4/c13-6-16-10-3-1-2-7-5-12-9(11(14)15)4-8(7)10/h1-3,9,12-13H,4-6H2,(H,14,15). The number of aliphatic carboxylic acids is 1. The first kappa shape index (κ1) is 10.9. The van der Waals surface area contributed by atoms with Crippen LogP contribution in [0, 0.1) is 0 Å². The zero-order chi connectivity index (χ0) is 11.5. The molecule has 0 aliphatic carbocycles. The second kappa shape index (κ2) is 4.51. The lowest BCUT2D eigenvalue weighted by Crippen LogP contribution is -2.41. The topological polar surface area (TPSA) is 78.8 Å². The van der Waals surface area contributed by atoms with Crippen molar-refractivity contribution in [1.82, 2.24) is 5.32 Å². The summed E-state index contributed by atoms with van der Waals surface area (Å²) in [5, 5.41) is 20.6. The molecule has 1 unspecified atom stereocenters. The van der Waals surface area contributed by atoms with Gasteiger partial charge in [-0.2, -0.15) is 0 Å². The molecule has 0 fully saturated rings. The zero-order valence-electron chi connectivity index (χ0n) is 8.64. The van der Waals surface area contributed by atoms with Gasteiger partial charge in [-0.1, -0.05) is 12.1 Å². The van der Waals surface area contributed by atoms with E-state index in [2.05, 4.69) is 5.32 Å². The van der Waals surface area contributed by atoms with Crippen molar-refractivity contribution in [3.8, 4) is 5.75 Å². The molecule has 3 N–H and O–H groups in total. The van der Waals surface area contributed by atoms with Crippen molar-refractivity contribution in [3.63, 3.8) is 0 Å². The van der Waals surface area contributed by atoms with E-state index in [0.29, 0.717) is 18.7 Å². The minimum absolute atomic E-state index is 0.376. The summed E-state index contributed by atoms with van der Waals surface area (Å²) < 4.78 is 5.07. The summed E-state index contributed by atoms with van der Waals surface area (Å²) in [7, 11) is 0. The molecule has 0 radical (unpaired) electrons. The molecule has 1 atom stereocenters. The predicted molar refractivity (Wildman–Crippen MR) is 56.1 cm³/mol. The number of carbonyl (C=O) groups is 1. The molecule has 0 saturated heterocycles. The highest BCUT2D eigenvalue weighted by Gasteiger charge is 2.25. The Kier molecular flexibility index (Phi) is 3.07.